The number of carbonyl (C=O) groups excluding carboxylic acids is 1. The maximum absolute atomic E-state index is 12.5. The highest BCUT2D eigenvalue weighted by molar-refractivity contribution is 6.35. The molecule has 4 rings (SSSR count). The van der Waals surface area contributed by atoms with Gasteiger partial charge in [0.2, 0.25) is 5.91 Å². The molecule has 2 N–H and O–H groups in total. The minimum atomic E-state index is -0.580. The van der Waals surface area contributed by atoms with Gasteiger partial charge in [-0.3, -0.25) is 4.79 Å². The molecule has 8 heteroatoms. The molecule has 0 radical (unpaired) electrons. The molecule has 0 saturated carbocycles. The monoisotopic (exact) mass is 429 g/mol. The lowest BCUT2D eigenvalue weighted by Crippen LogP contribution is -2.60. The number of aromatic nitrogens is 2. The van der Waals surface area contributed by atoms with E-state index >= 15 is 0 Å². The first-order chi connectivity index (χ1) is 14.0. The van der Waals surface area contributed by atoms with Gasteiger partial charge in [0.1, 0.15) is 18.3 Å². The van der Waals surface area contributed by atoms with E-state index in [1.807, 2.05) is 37.3 Å². The number of benzene rings is 2. The Morgan fingerprint density at radius 1 is 1.17 bits per heavy atom. The normalized spacial score (nSPS) is 19.6. The minimum absolute atomic E-state index is 0.0137. The number of fused-ring (bicyclic) bond motifs is 1. The lowest BCUT2D eigenvalue weighted by Gasteiger charge is -2.47. The zero-order chi connectivity index (χ0) is 20.5. The van der Waals surface area contributed by atoms with E-state index in [-0.39, 0.29) is 11.9 Å². The predicted molar refractivity (Wildman–Crippen MR) is 116 cm³/mol. The highest BCUT2D eigenvalue weighted by Crippen LogP contribution is 2.38. The maximum Gasteiger partial charge on any atom is 0.223 e. The molecule has 1 unspecified atom stereocenters. The second kappa shape index (κ2) is 8.14. The highest BCUT2D eigenvalue weighted by atomic mass is 35.5. The van der Waals surface area contributed by atoms with Crippen molar-refractivity contribution in [2.45, 2.75) is 25.6 Å². The molecule has 150 valence electrons. The summed E-state index contributed by atoms with van der Waals surface area (Å²) in [5, 5.41) is 1.98. The standard InChI is InChI=1S/C21H21Cl2N5O/c1-2-18(29)27-9-10-28(21-15-5-3-4-6-17(15)25-12-26-21)19(20(27)24)14-8-7-13(22)11-16(14)23/h3-8,11-12,19-20H,2,9-10,24H2,1H3/t19?,20-/m1/s1. The maximum atomic E-state index is 12.5. The SMILES string of the molecule is CCC(=O)N1CCN(c2ncnc3ccccc23)C(c2ccc(Cl)cc2Cl)[C@@H]1N. The van der Waals surface area contributed by atoms with Gasteiger partial charge in [0.05, 0.1) is 11.6 Å². The first kappa shape index (κ1) is 19.9. The molecule has 2 atom stereocenters. The van der Waals surface area contributed by atoms with Crippen molar-refractivity contribution in [1.29, 1.82) is 0 Å². The van der Waals surface area contributed by atoms with E-state index in [0.29, 0.717) is 29.6 Å². The molecule has 1 aromatic heterocycles. The fraction of sp³-hybridized carbons (Fsp3) is 0.286. The number of halogens is 2. The van der Waals surface area contributed by atoms with Gasteiger partial charge in [0.25, 0.3) is 0 Å². The molecule has 2 heterocycles. The fourth-order valence-electron chi connectivity index (χ4n) is 3.90. The third-order valence-corrected chi connectivity index (χ3v) is 5.86. The molecule has 1 fully saturated rings. The second-order valence-electron chi connectivity index (χ2n) is 6.95. The average Bonchev–Trinajstić information content (AvgIpc) is 2.73. The molecule has 2 aromatic carbocycles. The van der Waals surface area contributed by atoms with Crippen molar-refractivity contribution in [2.75, 3.05) is 18.0 Å². The Bertz CT molecular complexity index is 1050. The second-order valence-corrected chi connectivity index (χ2v) is 7.79. The molecule has 3 aromatic rings. The van der Waals surface area contributed by atoms with Crippen LogP contribution >= 0.6 is 23.2 Å². The Labute approximate surface area is 179 Å². The molecule has 1 amide bonds. The van der Waals surface area contributed by atoms with Gasteiger partial charge in [0.15, 0.2) is 0 Å². The number of amides is 1. The summed E-state index contributed by atoms with van der Waals surface area (Å²) in [7, 11) is 0. The fourth-order valence-corrected chi connectivity index (χ4v) is 4.42. The number of nitrogens with two attached hydrogens (primary N) is 1. The van der Waals surface area contributed by atoms with Crippen molar-refractivity contribution >= 4 is 45.8 Å². The number of piperazine rings is 1. The van der Waals surface area contributed by atoms with Crippen molar-refractivity contribution in [3.05, 3.63) is 64.4 Å². The molecule has 0 bridgehead atoms. The number of carbonyl (C=O) groups is 1. The van der Waals surface area contributed by atoms with Crippen LogP contribution in [0.15, 0.2) is 48.8 Å². The third kappa shape index (κ3) is 3.64. The van der Waals surface area contributed by atoms with Gasteiger partial charge in [-0.25, -0.2) is 9.97 Å². The number of hydrogen-bond donors (Lipinski definition) is 1. The summed E-state index contributed by atoms with van der Waals surface area (Å²) in [6.07, 6.45) is 1.36. The molecular weight excluding hydrogens is 409 g/mol. The van der Waals surface area contributed by atoms with Crippen LogP contribution in [0, 0.1) is 0 Å². The van der Waals surface area contributed by atoms with Crippen LogP contribution in [0.25, 0.3) is 10.9 Å². The number of para-hydroxylation sites is 1. The van der Waals surface area contributed by atoms with Gasteiger partial charge < -0.3 is 15.5 Å². The summed E-state index contributed by atoms with van der Waals surface area (Å²) in [5.74, 6) is 0.783. The van der Waals surface area contributed by atoms with Crippen molar-refractivity contribution in [2.24, 2.45) is 5.73 Å². The van der Waals surface area contributed by atoms with Gasteiger partial charge in [0, 0.05) is 34.9 Å². The van der Waals surface area contributed by atoms with Crippen LogP contribution in [0.5, 0.6) is 0 Å². The van der Waals surface area contributed by atoms with Crippen molar-refractivity contribution < 1.29 is 4.79 Å². The number of rotatable bonds is 3. The third-order valence-electron chi connectivity index (χ3n) is 5.30. The number of anilines is 1. The predicted octanol–water partition coefficient (Wildman–Crippen LogP) is 4.02. The topological polar surface area (TPSA) is 75.4 Å². The van der Waals surface area contributed by atoms with Gasteiger partial charge in [-0.2, -0.15) is 0 Å². The highest BCUT2D eigenvalue weighted by Gasteiger charge is 2.39. The minimum Gasteiger partial charge on any atom is -0.344 e. The van der Waals surface area contributed by atoms with E-state index in [4.69, 9.17) is 28.9 Å². The first-order valence-electron chi connectivity index (χ1n) is 9.47. The summed E-state index contributed by atoms with van der Waals surface area (Å²) in [6.45, 7) is 2.92. The van der Waals surface area contributed by atoms with E-state index < -0.39 is 6.17 Å². The molecule has 6 nitrogen and oxygen atoms in total. The molecule has 1 aliphatic heterocycles. The molecule has 1 saturated heterocycles. The summed E-state index contributed by atoms with van der Waals surface area (Å²) in [5.41, 5.74) is 8.29. The van der Waals surface area contributed by atoms with E-state index in [2.05, 4.69) is 14.9 Å². The van der Waals surface area contributed by atoms with Crippen LogP contribution in [-0.2, 0) is 4.79 Å². The Kier molecular flexibility index (Phi) is 5.58. The van der Waals surface area contributed by atoms with Gasteiger partial charge in [-0.15, -0.1) is 0 Å². The zero-order valence-corrected chi connectivity index (χ0v) is 17.4. The van der Waals surface area contributed by atoms with Crippen LogP contribution in [0.1, 0.15) is 24.9 Å². The molecule has 29 heavy (non-hydrogen) atoms. The van der Waals surface area contributed by atoms with Crippen molar-refractivity contribution in [3.8, 4) is 0 Å². The van der Waals surface area contributed by atoms with Crippen molar-refractivity contribution in [1.82, 2.24) is 14.9 Å². The number of hydrogen-bond acceptors (Lipinski definition) is 5. The zero-order valence-electron chi connectivity index (χ0n) is 15.9. The summed E-state index contributed by atoms with van der Waals surface area (Å²) in [4.78, 5) is 25.3. The van der Waals surface area contributed by atoms with E-state index in [1.54, 1.807) is 23.4 Å². The Hall–Kier alpha value is -2.41. The summed E-state index contributed by atoms with van der Waals surface area (Å²) in [6, 6.07) is 12.8. The van der Waals surface area contributed by atoms with Crippen LogP contribution in [-0.4, -0.2) is 40.0 Å². The Balaban J connectivity index is 1.86. The molecule has 0 spiro atoms. The molecule has 1 aliphatic rings. The quantitative estimate of drug-likeness (QED) is 0.680. The van der Waals surface area contributed by atoms with Gasteiger partial charge in [-0.05, 0) is 29.8 Å². The largest absolute Gasteiger partial charge is 0.344 e. The molecule has 0 aliphatic carbocycles. The Morgan fingerprint density at radius 2 is 1.97 bits per heavy atom. The molecular formula is C21H21Cl2N5O. The lowest BCUT2D eigenvalue weighted by atomic mass is 9.98. The van der Waals surface area contributed by atoms with Crippen molar-refractivity contribution in [3.63, 3.8) is 0 Å². The summed E-state index contributed by atoms with van der Waals surface area (Å²) < 4.78 is 0. The average molecular weight is 430 g/mol. The Morgan fingerprint density at radius 3 is 2.72 bits per heavy atom. The lowest BCUT2D eigenvalue weighted by molar-refractivity contribution is -0.134. The van der Waals surface area contributed by atoms with Crippen LogP contribution in [0.4, 0.5) is 5.82 Å². The van der Waals surface area contributed by atoms with Crippen LogP contribution in [0.3, 0.4) is 0 Å². The van der Waals surface area contributed by atoms with Gasteiger partial charge in [-0.1, -0.05) is 48.3 Å². The summed E-state index contributed by atoms with van der Waals surface area (Å²) >= 11 is 12.7. The van der Waals surface area contributed by atoms with Gasteiger partial charge >= 0.3 is 0 Å². The van der Waals surface area contributed by atoms with E-state index in [1.165, 1.54) is 0 Å². The first-order valence-corrected chi connectivity index (χ1v) is 10.2. The van der Waals surface area contributed by atoms with Crippen LogP contribution < -0.4 is 10.6 Å². The smallest absolute Gasteiger partial charge is 0.223 e. The van der Waals surface area contributed by atoms with E-state index in [9.17, 15) is 4.79 Å². The van der Waals surface area contributed by atoms with E-state index in [0.717, 1.165) is 22.3 Å². The van der Waals surface area contributed by atoms with Crippen LogP contribution in [0.2, 0.25) is 10.0 Å². The number of nitrogens with zero attached hydrogens (tertiary/aromatic N) is 4.